The maximum Gasteiger partial charge on any atom is 0.394 e. The molecular formula is C44H48BN4O9S. The van der Waals surface area contributed by atoms with Crippen molar-refractivity contribution >= 4 is 41.9 Å². The summed E-state index contributed by atoms with van der Waals surface area (Å²) in [5.41, 5.74) is 4.03. The molecule has 307 valence electrons. The van der Waals surface area contributed by atoms with Crippen LogP contribution in [0.4, 0.5) is 0 Å². The summed E-state index contributed by atoms with van der Waals surface area (Å²) in [4.78, 5) is 29.2. The number of benzene rings is 4. The number of nitriles is 2. The molecule has 4 rings (SSSR count). The van der Waals surface area contributed by atoms with Gasteiger partial charge in [0.15, 0.2) is 0 Å². The number of allylic oxidation sites excluding steroid dienone is 2. The van der Waals surface area contributed by atoms with Crippen molar-refractivity contribution in [2.75, 3.05) is 13.2 Å². The lowest BCUT2D eigenvalue weighted by molar-refractivity contribution is -0.139. The number of aliphatic hydroxyl groups excluding tert-OH is 1. The highest BCUT2D eigenvalue weighted by Crippen LogP contribution is 2.26. The molecule has 0 saturated heterocycles. The summed E-state index contributed by atoms with van der Waals surface area (Å²) in [6, 6.07) is 37.4. The normalized spacial score (nSPS) is 10.5. The van der Waals surface area contributed by atoms with Gasteiger partial charge in [-0.25, -0.2) is 9.69 Å². The maximum atomic E-state index is 12.1. The van der Waals surface area contributed by atoms with Crippen molar-refractivity contribution in [3.05, 3.63) is 155 Å². The van der Waals surface area contributed by atoms with Crippen LogP contribution in [0, 0.1) is 47.6 Å². The van der Waals surface area contributed by atoms with Gasteiger partial charge in [-0.05, 0) is 45.2 Å². The molecule has 0 atom stereocenters. The number of carbonyl (C=O) groups is 2. The minimum absolute atomic E-state index is 0. The number of rotatable bonds is 9. The molecule has 3 radical (unpaired) electrons. The third-order valence-electron chi connectivity index (χ3n) is 6.79. The predicted molar refractivity (Wildman–Crippen MR) is 231 cm³/mol. The van der Waals surface area contributed by atoms with Crippen LogP contribution in [-0.4, -0.2) is 61.3 Å². The molecule has 0 amide bonds. The molecule has 13 nitrogen and oxygen atoms in total. The van der Waals surface area contributed by atoms with Crippen LogP contribution in [0.25, 0.3) is 43.1 Å². The van der Waals surface area contributed by atoms with Crippen LogP contribution >= 0.6 is 0 Å². The Morgan fingerprint density at radius 1 is 0.661 bits per heavy atom. The zero-order valence-corrected chi connectivity index (χ0v) is 32.4. The molecule has 0 aromatic heterocycles. The van der Waals surface area contributed by atoms with Gasteiger partial charge in [0.25, 0.3) is 11.4 Å². The number of hydrogen-bond donors (Lipinski definition) is 4. The lowest BCUT2D eigenvalue weighted by atomic mass is 10.00. The van der Waals surface area contributed by atoms with Crippen molar-refractivity contribution in [1.29, 1.82) is 10.5 Å². The first-order chi connectivity index (χ1) is 26.5. The fraction of sp³-hybridized carbons (Fsp3) is 0.227. The van der Waals surface area contributed by atoms with E-state index < -0.39 is 28.0 Å². The number of aliphatic carboxylic acids is 1. The Kier molecular flexibility index (Phi) is 28.1. The topological polar surface area (TPSA) is 215 Å². The van der Waals surface area contributed by atoms with Crippen LogP contribution in [0.5, 0.6) is 0 Å². The molecule has 0 heterocycles. The number of esters is 1. The first-order valence-electron chi connectivity index (χ1n) is 16.6. The molecule has 0 unspecified atom stereocenters. The molecule has 0 saturated carbocycles. The van der Waals surface area contributed by atoms with E-state index in [9.17, 15) is 14.9 Å². The summed E-state index contributed by atoms with van der Waals surface area (Å²) in [6.45, 7) is 22.4. The lowest BCUT2D eigenvalue weighted by Crippen LogP contribution is -2.12. The average Bonchev–Trinajstić information content (AvgIpc) is 3.18. The third kappa shape index (κ3) is 21.3. The number of ether oxygens (including phenoxy) is 1. The van der Waals surface area contributed by atoms with Gasteiger partial charge in [-0.15, -0.1) is 0 Å². The zero-order chi connectivity index (χ0) is 42.3. The molecule has 0 aliphatic rings. The van der Waals surface area contributed by atoms with Gasteiger partial charge in [0.05, 0.1) is 43.0 Å². The van der Waals surface area contributed by atoms with E-state index in [4.69, 9.17) is 50.9 Å². The molecule has 0 fully saturated rings. The van der Waals surface area contributed by atoms with Gasteiger partial charge in [0, 0.05) is 15.0 Å². The first-order valence-corrected chi connectivity index (χ1v) is 18.0. The summed E-state index contributed by atoms with van der Waals surface area (Å²) >= 11 is 0. The molecule has 0 aliphatic carbocycles. The SMILES string of the molecule is C.C.CC(C)CO.O=S(=O)(O)O.[B].[C-]#[N+]/C(C(=O)O)=C(/C#N)c1ccc(-c2ccccc2)cc1.[C-]#[N+]/C(C(=O)OCC(C)C)=C(/C#N)c1ccc(-c2ccccc2)cc1. The molecule has 0 spiro atoms. The highest BCUT2D eigenvalue weighted by Gasteiger charge is 2.20. The maximum absolute atomic E-state index is 12.1. The summed E-state index contributed by atoms with van der Waals surface area (Å²) in [6.07, 6.45) is 0. The van der Waals surface area contributed by atoms with Gasteiger partial charge in [0.2, 0.25) is 0 Å². The second kappa shape index (κ2) is 29.4. The van der Waals surface area contributed by atoms with E-state index in [1.165, 1.54) is 0 Å². The van der Waals surface area contributed by atoms with E-state index in [2.05, 4.69) is 9.69 Å². The Morgan fingerprint density at radius 2 is 0.966 bits per heavy atom. The van der Waals surface area contributed by atoms with Crippen molar-refractivity contribution < 1.29 is 42.1 Å². The average molecular weight is 820 g/mol. The fourth-order valence-electron chi connectivity index (χ4n) is 4.15. The Hall–Kier alpha value is -6.85. The van der Waals surface area contributed by atoms with E-state index in [-0.39, 0.29) is 52.6 Å². The number of carboxylic acids is 1. The Labute approximate surface area is 350 Å². The lowest BCUT2D eigenvalue weighted by Gasteiger charge is -2.08. The Balaban J connectivity index is -0.000000835. The van der Waals surface area contributed by atoms with Crippen LogP contribution < -0.4 is 0 Å². The van der Waals surface area contributed by atoms with Gasteiger partial charge in [-0.2, -0.15) is 18.9 Å². The van der Waals surface area contributed by atoms with Gasteiger partial charge in [-0.3, -0.25) is 18.7 Å². The van der Waals surface area contributed by atoms with Crippen LogP contribution in [-0.2, 0) is 24.7 Å². The molecular weight excluding hydrogens is 771 g/mol. The summed E-state index contributed by atoms with van der Waals surface area (Å²) in [5.74, 6) is -1.55. The van der Waals surface area contributed by atoms with Crippen molar-refractivity contribution in [3.8, 4) is 34.4 Å². The van der Waals surface area contributed by atoms with E-state index in [1.54, 1.807) is 42.5 Å². The minimum Gasteiger partial charge on any atom is -0.486 e. The van der Waals surface area contributed by atoms with Crippen molar-refractivity contribution in [3.63, 3.8) is 0 Å². The molecule has 15 heteroatoms. The van der Waals surface area contributed by atoms with Crippen molar-refractivity contribution in [1.82, 2.24) is 0 Å². The van der Waals surface area contributed by atoms with Gasteiger partial charge in [-0.1, -0.05) is 152 Å². The van der Waals surface area contributed by atoms with E-state index in [1.807, 2.05) is 107 Å². The van der Waals surface area contributed by atoms with Crippen molar-refractivity contribution in [2.24, 2.45) is 11.8 Å². The van der Waals surface area contributed by atoms with Gasteiger partial charge >= 0.3 is 22.3 Å². The fourth-order valence-corrected chi connectivity index (χ4v) is 4.15. The van der Waals surface area contributed by atoms with Gasteiger partial charge in [0.1, 0.15) is 0 Å². The van der Waals surface area contributed by atoms with Crippen LogP contribution in [0.2, 0.25) is 0 Å². The van der Waals surface area contributed by atoms with Crippen LogP contribution in [0.1, 0.15) is 53.7 Å². The summed E-state index contributed by atoms with van der Waals surface area (Å²) < 4.78 is 36.7. The molecule has 4 aromatic carbocycles. The number of carbonyl (C=O) groups excluding carboxylic acids is 1. The van der Waals surface area contributed by atoms with E-state index in [0.29, 0.717) is 23.7 Å². The molecule has 4 aromatic rings. The monoisotopic (exact) mass is 819 g/mol. The second-order valence-electron chi connectivity index (χ2n) is 12.1. The predicted octanol–water partition coefficient (Wildman–Crippen LogP) is 9.17. The number of nitrogens with zero attached hydrogens (tertiary/aromatic N) is 4. The Bertz CT molecular complexity index is 2240. The highest BCUT2D eigenvalue weighted by atomic mass is 32.3. The van der Waals surface area contributed by atoms with Crippen molar-refractivity contribution in [2.45, 2.75) is 42.5 Å². The summed E-state index contributed by atoms with van der Waals surface area (Å²) in [7, 11) is -4.67. The third-order valence-corrected chi connectivity index (χ3v) is 6.79. The minimum atomic E-state index is -4.67. The second-order valence-corrected chi connectivity index (χ2v) is 13.0. The molecule has 0 aliphatic heterocycles. The largest absolute Gasteiger partial charge is 0.486 e. The molecule has 59 heavy (non-hydrogen) atoms. The number of carboxylic acid groups (broad SMARTS) is 1. The molecule has 0 bridgehead atoms. The number of aliphatic hydroxyl groups is 1. The van der Waals surface area contributed by atoms with E-state index >= 15 is 0 Å². The number of hydrogen-bond acceptors (Lipinski definition) is 8. The zero-order valence-electron chi connectivity index (χ0n) is 31.6. The first kappa shape index (κ1) is 56.5. The molecule has 4 N–H and O–H groups in total. The van der Waals surface area contributed by atoms with Gasteiger partial charge < -0.3 is 14.9 Å². The summed E-state index contributed by atoms with van der Waals surface area (Å²) in [5, 5.41) is 35.6. The smallest absolute Gasteiger partial charge is 0.394 e. The standard InChI is InChI=1S/C21H18N2O2.C17H10N2O2.C4H10O.2CH4.B.H2O4S/c1-15(2)14-25-21(24)20(23-3)19(13-22)18-11-9-17(10-12-18)16-7-5-4-6-8-16;1-19-16(17(20)21)15(11-18)14-9-7-13(8-10-14)12-5-3-2-4-6-12;1-4(2)3-5;;;;1-5(2,3)4/h4-12,15H,14H2,1-2H3;2-10H,(H,20,21);4-5H,3H2,1-2H3;2*1H4;;(H2,1,2,3,4)/b20-19-;16-15-;;;;;. The van der Waals surface area contributed by atoms with Crippen LogP contribution in [0.3, 0.4) is 0 Å². The quantitative estimate of drug-likeness (QED) is 0.0312. The van der Waals surface area contributed by atoms with Crippen LogP contribution in [0.15, 0.2) is 121 Å². The Morgan fingerprint density at radius 3 is 1.22 bits per heavy atom. The highest BCUT2D eigenvalue weighted by molar-refractivity contribution is 7.79. The van der Waals surface area contributed by atoms with E-state index in [0.717, 1.165) is 22.3 Å².